The maximum absolute atomic E-state index is 13.0. The van der Waals surface area contributed by atoms with E-state index in [0.29, 0.717) is 24.3 Å². The molecule has 0 saturated heterocycles. The van der Waals surface area contributed by atoms with Crippen LogP contribution in [0.4, 0.5) is 15.8 Å². The first-order valence-electron chi connectivity index (χ1n) is 6.18. The third kappa shape index (κ3) is 3.96. The number of benzene rings is 2. The quantitative estimate of drug-likeness (QED) is 0.724. The standard InChI is InChI=1S/C15H17FN2O/c16-12-4-2-6-14(10-12)18-8-7-15(19)11-3-1-5-13(17)9-11/h1-6,9-10,15,18-19H,7-8,17H2. The van der Waals surface area contributed by atoms with E-state index >= 15 is 0 Å². The van der Waals surface area contributed by atoms with Crippen LogP contribution in [0.1, 0.15) is 18.1 Å². The number of rotatable bonds is 5. The van der Waals surface area contributed by atoms with Crippen molar-refractivity contribution in [3.05, 3.63) is 59.9 Å². The van der Waals surface area contributed by atoms with Crippen molar-refractivity contribution in [1.82, 2.24) is 0 Å². The van der Waals surface area contributed by atoms with Gasteiger partial charge in [-0.2, -0.15) is 0 Å². The average Bonchev–Trinajstić information content (AvgIpc) is 2.38. The maximum atomic E-state index is 13.0. The molecule has 0 saturated carbocycles. The number of halogens is 1. The van der Waals surface area contributed by atoms with E-state index in [0.717, 1.165) is 5.56 Å². The van der Waals surface area contributed by atoms with Gasteiger partial charge in [0.1, 0.15) is 5.82 Å². The first kappa shape index (κ1) is 13.4. The van der Waals surface area contributed by atoms with Gasteiger partial charge in [-0.1, -0.05) is 18.2 Å². The number of aliphatic hydroxyl groups is 1. The van der Waals surface area contributed by atoms with Gasteiger partial charge in [0.2, 0.25) is 0 Å². The van der Waals surface area contributed by atoms with E-state index in [1.54, 1.807) is 24.3 Å². The van der Waals surface area contributed by atoms with Crippen molar-refractivity contribution in [2.75, 3.05) is 17.6 Å². The van der Waals surface area contributed by atoms with Crippen molar-refractivity contribution < 1.29 is 9.50 Å². The summed E-state index contributed by atoms with van der Waals surface area (Å²) < 4.78 is 13.0. The summed E-state index contributed by atoms with van der Waals surface area (Å²) in [5.74, 6) is -0.276. The van der Waals surface area contributed by atoms with E-state index in [-0.39, 0.29) is 5.82 Å². The van der Waals surface area contributed by atoms with Gasteiger partial charge in [0.25, 0.3) is 0 Å². The molecule has 0 radical (unpaired) electrons. The van der Waals surface area contributed by atoms with E-state index < -0.39 is 6.10 Å². The minimum atomic E-state index is -0.579. The monoisotopic (exact) mass is 260 g/mol. The normalized spacial score (nSPS) is 12.1. The summed E-state index contributed by atoms with van der Waals surface area (Å²) in [7, 11) is 0. The van der Waals surface area contributed by atoms with E-state index in [1.165, 1.54) is 12.1 Å². The van der Waals surface area contributed by atoms with Gasteiger partial charge in [-0.25, -0.2) is 4.39 Å². The van der Waals surface area contributed by atoms with Crippen molar-refractivity contribution in [2.45, 2.75) is 12.5 Å². The lowest BCUT2D eigenvalue weighted by atomic mass is 10.1. The summed E-state index contributed by atoms with van der Waals surface area (Å²) in [6, 6.07) is 13.4. The van der Waals surface area contributed by atoms with Gasteiger partial charge in [0.05, 0.1) is 6.10 Å². The first-order valence-corrected chi connectivity index (χ1v) is 6.18. The molecule has 0 bridgehead atoms. The summed E-state index contributed by atoms with van der Waals surface area (Å²) >= 11 is 0. The number of aliphatic hydroxyl groups excluding tert-OH is 1. The SMILES string of the molecule is Nc1cccc(C(O)CCNc2cccc(F)c2)c1. The van der Waals surface area contributed by atoms with Gasteiger partial charge in [0, 0.05) is 17.9 Å². The molecule has 100 valence electrons. The zero-order chi connectivity index (χ0) is 13.7. The third-order valence-electron chi connectivity index (χ3n) is 2.87. The largest absolute Gasteiger partial charge is 0.399 e. The zero-order valence-corrected chi connectivity index (χ0v) is 10.5. The molecule has 2 aromatic rings. The van der Waals surface area contributed by atoms with Crippen LogP contribution in [0.5, 0.6) is 0 Å². The Morgan fingerprint density at radius 2 is 1.95 bits per heavy atom. The highest BCUT2D eigenvalue weighted by Crippen LogP contribution is 2.19. The van der Waals surface area contributed by atoms with Crippen molar-refractivity contribution >= 4 is 11.4 Å². The fraction of sp³-hybridized carbons (Fsp3) is 0.200. The van der Waals surface area contributed by atoms with Crippen LogP contribution in [-0.2, 0) is 0 Å². The number of hydrogen-bond acceptors (Lipinski definition) is 3. The van der Waals surface area contributed by atoms with Crippen LogP contribution in [0.3, 0.4) is 0 Å². The molecule has 2 rings (SSSR count). The van der Waals surface area contributed by atoms with Crippen molar-refractivity contribution in [2.24, 2.45) is 0 Å². The van der Waals surface area contributed by atoms with Gasteiger partial charge in [0.15, 0.2) is 0 Å². The summed E-state index contributed by atoms with van der Waals surface area (Å²) in [5, 5.41) is 13.1. The molecule has 0 aliphatic carbocycles. The number of hydrogen-bond donors (Lipinski definition) is 3. The summed E-state index contributed by atoms with van der Waals surface area (Å²) in [4.78, 5) is 0. The van der Waals surface area contributed by atoms with Crippen LogP contribution < -0.4 is 11.1 Å². The highest BCUT2D eigenvalue weighted by molar-refractivity contribution is 5.43. The van der Waals surface area contributed by atoms with Crippen molar-refractivity contribution in [3.8, 4) is 0 Å². The molecule has 1 unspecified atom stereocenters. The topological polar surface area (TPSA) is 58.3 Å². The Morgan fingerprint density at radius 3 is 2.68 bits per heavy atom. The molecule has 4 N–H and O–H groups in total. The predicted octanol–water partition coefficient (Wildman–Crippen LogP) is 2.94. The Morgan fingerprint density at radius 1 is 1.16 bits per heavy atom. The van der Waals surface area contributed by atoms with Gasteiger partial charge >= 0.3 is 0 Å². The van der Waals surface area contributed by atoms with Crippen LogP contribution in [0, 0.1) is 5.82 Å². The molecule has 3 nitrogen and oxygen atoms in total. The first-order chi connectivity index (χ1) is 9.15. The van der Waals surface area contributed by atoms with Gasteiger partial charge < -0.3 is 16.2 Å². The number of nitrogen functional groups attached to an aromatic ring is 1. The molecule has 0 aliphatic rings. The lowest BCUT2D eigenvalue weighted by Gasteiger charge is -2.13. The molecule has 0 heterocycles. The third-order valence-corrected chi connectivity index (χ3v) is 2.87. The minimum Gasteiger partial charge on any atom is -0.399 e. The van der Waals surface area contributed by atoms with Crippen LogP contribution in [0.25, 0.3) is 0 Å². The second kappa shape index (κ2) is 6.20. The lowest BCUT2D eigenvalue weighted by molar-refractivity contribution is 0.172. The molecule has 0 fully saturated rings. The molecular weight excluding hydrogens is 243 g/mol. The van der Waals surface area contributed by atoms with Crippen LogP contribution in [0.15, 0.2) is 48.5 Å². The van der Waals surface area contributed by atoms with Crippen molar-refractivity contribution in [1.29, 1.82) is 0 Å². The Bertz CT molecular complexity index is 545. The molecule has 4 heteroatoms. The van der Waals surface area contributed by atoms with E-state index in [9.17, 15) is 9.50 Å². The fourth-order valence-corrected chi connectivity index (χ4v) is 1.88. The Hall–Kier alpha value is -2.07. The molecule has 1 atom stereocenters. The molecule has 0 amide bonds. The Kier molecular flexibility index (Phi) is 4.36. The molecule has 19 heavy (non-hydrogen) atoms. The molecule has 0 aliphatic heterocycles. The van der Waals surface area contributed by atoms with Crippen molar-refractivity contribution in [3.63, 3.8) is 0 Å². The molecule has 0 aromatic heterocycles. The summed E-state index contributed by atoms with van der Waals surface area (Å²) in [5.41, 5.74) is 7.80. The zero-order valence-electron chi connectivity index (χ0n) is 10.5. The maximum Gasteiger partial charge on any atom is 0.125 e. The molecule has 2 aromatic carbocycles. The van der Waals surface area contributed by atoms with Gasteiger partial charge in [-0.15, -0.1) is 0 Å². The van der Waals surface area contributed by atoms with E-state index in [2.05, 4.69) is 5.32 Å². The van der Waals surface area contributed by atoms with Crippen LogP contribution in [0.2, 0.25) is 0 Å². The Balaban J connectivity index is 1.85. The number of nitrogens with two attached hydrogens (primary N) is 1. The fourth-order valence-electron chi connectivity index (χ4n) is 1.88. The van der Waals surface area contributed by atoms with Gasteiger partial charge in [-0.3, -0.25) is 0 Å². The minimum absolute atomic E-state index is 0.276. The predicted molar refractivity (Wildman–Crippen MR) is 75.3 cm³/mol. The summed E-state index contributed by atoms with van der Waals surface area (Å²) in [6.07, 6.45) is -0.0514. The highest BCUT2D eigenvalue weighted by Gasteiger charge is 2.07. The molecule has 0 spiro atoms. The highest BCUT2D eigenvalue weighted by atomic mass is 19.1. The second-order valence-corrected chi connectivity index (χ2v) is 4.41. The van der Waals surface area contributed by atoms with E-state index in [4.69, 9.17) is 5.73 Å². The van der Waals surface area contributed by atoms with Crippen LogP contribution >= 0.6 is 0 Å². The van der Waals surface area contributed by atoms with Gasteiger partial charge in [-0.05, 0) is 42.3 Å². The van der Waals surface area contributed by atoms with Crippen LogP contribution in [-0.4, -0.2) is 11.7 Å². The molecular formula is C15H17FN2O. The summed E-state index contributed by atoms with van der Waals surface area (Å²) in [6.45, 7) is 0.555. The Labute approximate surface area is 111 Å². The number of anilines is 2. The smallest absolute Gasteiger partial charge is 0.125 e. The van der Waals surface area contributed by atoms with E-state index in [1.807, 2.05) is 12.1 Å². The lowest BCUT2D eigenvalue weighted by Crippen LogP contribution is -2.08. The number of nitrogens with one attached hydrogen (secondary N) is 1. The second-order valence-electron chi connectivity index (χ2n) is 4.41. The average molecular weight is 260 g/mol.